The quantitative estimate of drug-likeness (QED) is 0.732. The van der Waals surface area contributed by atoms with E-state index in [2.05, 4.69) is 11.4 Å². The van der Waals surface area contributed by atoms with E-state index in [1.54, 1.807) is 15.2 Å². The molecule has 2 N–H and O–H groups in total. The van der Waals surface area contributed by atoms with Crippen LogP contribution < -0.4 is 11.0 Å². The number of imidazole rings is 1. The summed E-state index contributed by atoms with van der Waals surface area (Å²) in [5.74, 6) is -0.394. The van der Waals surface area contributed by atoms with Gasteiger partial charge in [0.25, 0.3) is 0 Å². The number of rotatable bonds is 7. The molecule has 28 heavy (non-hydrogen) atoms. The molecular weight excluding hydrogens is 381 g/mol. The molecule has 0 fully saturated rings. The van der Waals surface area contributed by atoms with Gasteiger partial charge in [-0.05, 0) is 57.0 Å². The number of hydrogen-bond donors (Lipinski definition) is 2. The molecule has 7 heteroatoms. The molecule has 1 unspecified atom stereocenters. The lowest BCUT2D eigenvalue weighted by molar-refractivity contribution is 0.125. The number of aromatic nitrogens is 2. The fourth-order valence-electron chi connectivity index (χ4n) is 3.84. The molecule has 0 spiro atoms. The summed E-state index contributed by atoms with van der Waals surface area (Å²) in [5, 5.41) is 14.1. The highest BCUT2D eigenvalue weighted by Crippen LogP contribution is 2.31. The lowest BCUT2D eigenvalue weighted by Crippen LogP contribution is -2.40. The molecular formula is C21H29ClFN3O2. The van der Waals surface area contributed by atoms with E-state index < -0.39 is 18.0 Å². The van der Waals surface area contributed by atoms with E-state index in [0.29, 0.717) is 17.6 Å². The molecule has 1 aliphatic rings. The minimum Gasteiger partial charge on any atom is -0.389 e. The van der Waals surface area contributed by atoms with E-state index in [1.165, 1.54) is 12.1 Å². The average molecular weight is 410 g/mol. The number of nitrogens with one attached hydrogen (secondary N) is 1. The Kier molecular flexibility index (Phi) is 7.63. The number of nitrogens with zero attached hydrogens (tertiary/aromatic N) is 2. The zero-order chi connectivity index (χ0) is 19.6. The maximum Gasteiger partial charge on any atom is 0.330 e. The first kappa shape index (κ1) is 22.4. The Hall–Kier alpha value is -1.89. The second-order valence-electron chi connectivity index (χ2n) is 7.28. The van der Waals surface area contributed by atoms with Crippen molar-refractivity contribution in [1.29, 1.82) is 0 Å². The van der Waals surface area contributed by atoms with Gasteiger partial charge in [-0.2, -0.15) is 0 Å². The van der Waals surface area contributed by atoms with E-state index >= 15 is 0 Å². The van der Waals surface area contributed by atoms with Gasteiger partial charge in [0.05, 0.1) is 23.2 Å². The van der Waals surface area contributed by atoms with Crippen LogP contribution in [-0.4, -0.2) is 33.4 Å². The van der Waals surface area contributed by atoms with Crippen LogP contribution >= 0.6 is 12.4 Å². The van der Waals surface area contributed by atoms with Gasteiger partial charge in [-0.1, -0.05) is 25.2 Å². The Morgan fingerprint density at radius 3 is 2.61 bits per heavy atom. The van der Waals surface area contributed by atoms with Crippen molar-refractivity contribution in [2.75, 3.05) is 13.1 Å². The van der Waals surface area contributed by atoms with E-state index in [-0.39, 0.29) is 24.1 Å². The van der Waals surface area contributed by atoms with Crippen molar-refractivity contribution in [2.24, 2.45) is 0 Å². The molecule has 2 atom stereocenters. The zero-order valence-corrected chi connectivity index (χ0v) is 17.4. The van der Waals surface area contributed by atoms with Crippen LogP contribution in [0.1, 0.15) is 45.7 Å². The summed E-state index contributed by atoms with van der Waals surface area (Å²) in [7, 11) is 0. The molecule has 5 nitrogen and oxygen atoms in total. The van der Waals surface area contributed by atoms with Gasteiger partial charge < -0.3 is 10.4 Å². The van der Waals surface area contributed by atoms with Crippen LogP contribution in [0.5, 0.6) is 0 Å². The van der Waals surface area contributed by atoms with Crippen molar-refractivity contribution in [1.82, 2.24) is 14.5 Å². The van der Waals surface area contributed by atoms with Crippen LogP contribution in [0.25, 0.3) is 11.0 Å². The third-order valence-corrected chi connectivity index (χ3v) is 5.06. The molecule has 1 aliphatic carbocycles. The molecule has 0 aliphatic heterocycles. The Morgan fingerprint density at radius 1 is 1.25 bits per heavy atom. The highest BCUT2D eigenvalue weighted by molar-refractivity contribution is 5.85. The predicted molar refractivity (Wildman–Crippen MR) is 114 cm³/mol. The molecule has 0 saturated heterocycles. The number of allylic oxidation sites excluding steroid dienone is 3. The van der Waals surface area contributed by atoms with Crippen molar-refractivity contribution in [2.45, 2.75) is 51.8 Å². The largest absolute Gasteiger partial charge is 0.389 e. The van der Waals surface area contributed by atoms with Gasteiger partial charge >= 0.3 is 5.69 Å². The molecule has 1 aromatic heterocycles. The highest BCUT2D eigenvalue weighted by Gasteiger charge is 2.30. The molecule has 0 bridgehead atoms. The second-order valence-corrected chi connectivity index (χ2v) is 7.28. The van der Waals surface area contributed by atoms with Crippen molar-refractivity contribution >= 4 is 23.4 Å². The lowest BCUT2D eigenvalue weighted by atomic mass is 9.93. The average Bonchev–Trinajstić information content (AvgIpc) is 2.93. The maximum atomic E-state index is 14.0. The third-order valence-electron chi connectivity index (χ3n) is 5.06. The first-order valence-corrected chi connectivity index (χ1v) is 9.62. The number of benzene rings is 1. The minimum absolute atomic E-state index is 0. The van der Waals surface area contributed by atoms with Crippen LogP contribution in [-0.2, 0) is 0 Å². The van der Waals surface area contributed by atoms with E-state index in [1.807, 2.05) is 32.9 Å². The predicted octanol–water partition coefficient (Wildman–Crippen LogP) is 3.73. The van der Waals surface area contributed by atoms with Crippen molar-refractivity contribution in [3.63, 3.8) is 0 Å². The Balaban J connectivity index is 0.00000280. The number of hydrogen-bond acceptors (Lipinski definition) is 3. The summed E-state index contributed by atoms with van der Waals surface area (Å²) in [4.78, 5) is 13.3. The van der Waals surface area contributed by atoms with Crippen LogP contribution in [0, 0.1) is 5.82 Å². The summed E-state index contributed by atoms with van der Waals surface area (Å²) in [6.07, 6.45) is 6.82. The molecule has 0 radical (unpaired) electrons. The van der Waals surface area contributed by atoms with Crippen molar-refractivity contribution in [3.8, 4) is 0 Å². The van der Waals surface area contributed by atoms with Gasteiger partial charge in [0, 0.05) is 12.6 Å². The Bertz CT molecular complexity index is 930. The number of aliphatic hydroxyl groups excluding tert-OH is 1. The van der Waals surface area contributed by atoms with Crippen molar-refractivity contribution < 1.29 is 9.50 Å². The number of halogens is 2. The molecule has 0 saturated carbocycles. The number of fused-ring (bicyclic) bond motifs is 1. The Morgan fingerprint density at radius 2 is 2.00 bits per heavy atom. The number of likely N-dealkylation sites (N-methyl/N-ethyl adjacent to an activating group) is 1. The standard InChI is InChI=1S/C21H28FN3O2.ClH/c1-4-23-13-19(26)20(15-8-6-5-7-9-15)25-18-12-16(22)10-11-17(18)24(14(2)3)21(25)27;/h5-6,8,10-12,14,19-20,23,26H,4,7,9,13H2,1-3H3;1H/t19?,20-;/m0./s1. The summed E-state index contributed by atoms with van der Waals surface area (Å²) in [5.41, 5.74) is 1.97. The maximum absolute atomic E-state index is 14.0. The summed E-state index contributed by atoms with van der Waals surface area (Å²) < 4.78 is 17.3. The molecule has 1 heterocycles. The van der Waals surface area contributed by atoms with Gasteiger partial charge in [-0.25, -0.2) is 9.18 Å². The van der Waals surface area contributed by atoms with Gasteiger partial charge in [-0.3, -0.25) is 9.13 Å². The minimum atomic E-state index is -0.796. The van der Waals surface area contributed by atoms with Crippen LogP contribution in [0.2, 0.25) is 0 Å². The van der Waals surface area contributed by atoms with Crippen LogP contribution in [0.3, 0.4) is 0 Å². The normalized spacial score (nSPS) is 16.1. The van der Waals surface area contributed by atoms with Gasteiger partial charge in [0.2, 0.25) is 0 Å². The molecule has 154 valence electrons. The summed E-state index contributed by atoms with van der Waals surface area (Å²) >= 11 is 0. The Labute approximate surface area is 171 Å². The monoisotopic (exact) mass is 409 g/mol. The topological polar surface area (TPSA) is 59.2 Å². The van der Waals surface area contributed by atoms with E-state index in [9.17, 15) is 14.3 Å². The van der Waals surface area contributed by atoms with Gasteiger partial charge in [0.1, 0.15) is 5.82 Å². The molecule has 3 rings (SSSR count). The summed E-state index contributed by atoms with van der Waals surface area (Å²) in [6, 6.07) is 3.80. The number of aliphatic hydroxyl groups is 1. The second kappa shape index (κ2) is 9.54. The van der Waals surface area contributed by atoms with Crippen molar-refractivity contribution in [3.05, 3.63) is 58.3 Å². The van der Waals surface area contributed by atoms with E-state index in [0.717, 1.165) is 25.0 Å². The fourth-order valence-corrected chi connectivity index (χ4v) is 3.84. The smallest absolute Gasteiger partial charge is 0.330 e. The SMILES string of the molecule is CCNCC(O)[C@H](C1=CC=CCC1)n1c(=O)n(C(C)C)c2ccc(F)cc21.Cl. The first-order chi connectivity index (χ1) is 13.0. The molecule has 2 aromatic rings. The first-order valence-electron chi connectivity index (χ1n) is 9.62. The van der Waals surface area contributed by atoms with Crippen LogP contribution in [0.15, 0.2) is 46.8 Å². The lowest BCUT2D eigenvalue weighted by Gasteiger charge is -2.28. The van der Waals surface area contributed by atoms with Gasteiger partial charge in [-0.15, -0.1) is 12.4 Å². The van der Waals surface area contributed by atoms with Crippen LogP contribution in [0.4, 0.5) is 4.39 Å². The fraction of sp³-hybridized carbons (Fsp3) is 0.476. The zero-order valence-electron chi connectivity index (χ0n) is 16.6. The third kappa shape index (κ3) is 4.24. The van der Waals surface area contributed by atoms with Gasteiger partial charge in [0.15, 0.2) is 0 Å². The summed E-state index contributed by atoms with van der Waals surface area (Å²) in [6.45, 7) is 6.91. The molecule has 1 aromatic carbocycles. The molecule has 0 amide bonds. The van der Waals surface area contributed by atoms with E-state index in [4.69, 9.17) is 0 Å². The highest BCUT2D eigenvalue weighted by atomic mass is 35.5.